The second kappa shape index (κ2) is 6.42. The standard InChI is InChI=1S/C18H19NO2S2/c1-3-22-14(2)18-13-15-9-7-8-12-17(15)19(18)23(20,21)16-10-5-4-6-11-16/h4-14H,3H2,1-2H3. The minimum absolute atomic E-state index is 0.103. The van der Waals surface area contributed by atoms with E-state index in [1.54, 1.807) is 36.0 Å². The number of hydrogen-bond donors (Lipinski definition) is 0. The maximum absolute atomic E-state index is 13.2. The van der Waals surface area contributed by atoms with E-state index in [9.17, 15) is 8.42 Å². The number of thioether (sulfide) groups is 1. The Morgan fingerprint density at radius 2 is 1.70 bits per heavy atom. The molecular weight excluding hydrogens is 326 g/mol. The lowest BCUT2D eigenvalue weighted by molar-refractivity contribution is 0.587. The van der Waals surface area contributed by atoms with Crippen LogP contribution in [0.3, 0.4) is 0 Å². The smallest absolute Gasteiger partial charge is 0.237 e. The van der Waals surface area contributed by atoms with Crippen molar-refractivity contribution >= 4 is 32.7 Å². The summed E-state index contributed by atoms with van der Waals surface area (Å²) in [7, 11) is -3.61. The van der Waals surface area contributed by atoms with Crippen LogP contribution in [0.5, 0.6) is 0 Å². The molecule has 23 heavy (non-hydrogen) atoms. The van der Waals surface area contributed by atoms with Gasteiger partial charge in [0, 0.05) is 16.3 Å². The molecule has 1 heterocycles. The Kier molecular flexibility index (Phi) is 4.50. The van der Waals surface area contributed by atoms with Crippen molar-refractivity contribution in [1.82, 2.24) is 3.97 Å². The zero-order valence-electron chi connectivity index (χ0n) is 13.1. The Bertz CT molecular complexity index is 915. The van der Waals surface area contributed by atoms with Gasteiger partial charge in [-0.25, -0.2) is 12.4 Å². The summed E-state index contributed by atoms with van der Waals surface area (Å²) >= 11 is 1.74. The van der Waals surface area contributed by atoms with E-state index in [0.717, 1.165) is 22.3 Å². The van der Waals surface area contributed by atoms with Crippen molar-refractivity contribution in [2.75, 3.05) is 5.75 Å². The summed E-state index contributed by atoms with van der Waals surface area (Å²) in [4.78, 5) is 0.316. The van der Waals surface area contributed by atoms with Crippen molar-refractivity contribution in [3.63, 3.8) is 0 Å². The molecule has 1 atom stereocenters. The minimum Gasteiger partial charge on any atom is -0.237 e. The predicted octanol–water partition coefficient (Wildman–Crippen LogP) is 4.69. The number of fused-ring (bicyclic) bond motifs is 1. The SMILES string of the molecule is CCSC(C)c1cc2ccccc2n1S(=O)(=O)c1ccccc1. The largest absolute Gasteiger partial charge is 0.268 e. The fourth-order valence-corrected chi connectivity index (χ4v) is 5.27. The minimum atomic E-state index is -3.61. The second-order valence-corrected chi connectivity index (χ2v) is 8.71. The first-order chi connectivity index (χ1) is 11.1. The van der Waals surface area contributed by atoms with Crippen LogP contribution >= 0.6 is 11.8 Å². The van der Waals surface area contributed by atoms with Crippen molar-refractivity contribution in [3.05, 3.63) is 66.4 Å². The van der Waals surface area contributed by atoms with E-state index in [1.807, 2.05) is 36.4 Å². The molecule has 0 N–H and O–H groups in total. The number of para-hydroxylation sites is 1. The van der Waals surface area contributed by atoms with Crippen LogP contribution in [-0.2, 0) is 10.0 Å². The maximum atomic E-state index is 13.2. The van der Waals surface area contributed by atoms with Crippen LogP contribution in [0.1, 0.15) is 24.8 Å². The lowest BCUT2D eigenvalue weighted by atomic mass is 10.2. The number of rotatable bonds is 5. The first-order valence-corrected chi connectivity index (χ1v) is 10.1. The number of nitrogens with zero attached hydrogens (tertiary/aromatic N) is 1. The van der Waals surface area contributed by atoms with Gasteiger partial charge in [0.25, 0.3) is 10.0 Å². The third-order valence-corrected chi connectivity index (χ3v) is 6.64. The van der Waals surface area contributed by atoms with Crippen LogP contribution in [0.15, 0.2) is 65.6 Å². The molecule has 0 bridgehead atoms. The Morgan fingerprint density at radius 3 is 2.39 bits per heavy atom. The maximum Gasteiger partial charge on any atom is 0.268 e. The molecule has 3 rings (SSSR count). The Morgan fingerprint density at radius 1 is 1.04 bits per heavy atom. The molecule has 3 nitrogen and oxygen atoms in total. The molecule has 5 heteroatoms. The fraction of sp³-hybridized carbons (Fsp3) is 0.222. The molecule has 0 fully saturated rings. The van der Waals surface area contributed by atoms with Gasteiger partial charge in [0.2, 0.25) is 0 Å². The monoisotopic (exact) mass is 345 g/mol. The number of benzene rings is 2. The van der Waals surface area contributed by atoms with Crippen molar-refractivity contribution in [2.24, 2.45) is 0 Å². The van der Waals surface area contributed by atoms with E-state index in [-0.39, 0.29) is 5.25 Å². The molecule has 1 aromatic heterocycles. The van der Waals surface area contributed by atoms with Gasteiger partial charge in [0.05, 0.1) is 10.4 Å². The normalized spacial score (nSPS) is 13.3. The van der Waals surface area contributed by atoms with Gasteiger partial charge in [0.1, 0.15) is 0 Å². The van der Waals surface area contributed by atoms with Crippen molar-refractivity contribution in [3.8, 4) is 0 Å². The molecule has 0 aliphatic carbocycles. The molecule has 3 aromatic rings. The summed E-state index contributed by atoms with van der Waals surface area (Å²) in [5.41, 5.74) is 1.55. The molecule has 0 aliphatic rings. The highest BCUT2D eigenvalue weighted by molar-refractivity contribution is 7.99. The van der Waals surface area contributed by atoms with Crippen LogP contribution in [-0.4, -0.2) is 18.1 Å². The van der Waals surface area contributed by atoms with E-state index in [4.69, 9.17) is 0 Å². The predicted molar refractivity (Wildman–Crippen MR) is 97.5 cm³/mol. The van der Waals surface area contributed by atoms with Gasteiger partial charge in [0.15, 0.2) is 0 Å². The zero-order chi connectivity index (χ0) is 16.4. The van der Waals surface area contributed by atoms with Crippen LogP contribution < -0.4 is 0 Å². The van der Waals surface area contributed by atoms with Crippen LogP contribution in [0.2, 0.25) is 0 Å². The quantitative estimate of drug-likeness (QED) is 0.673. The molecule has 120 valence electrons. The third kappa shape index (κ3) is 2.91. The van der Waals surface area contributed by atoms with Gasteiger partial charge in [-0.05, 0) is 36.9 Å². The Balaban J connectivity index is 2.29. The van der Waals surface area contributed by atoms with Gasteiger partial charge in [-0.3, -0.25) is 0 Å². The third-order valence-electron chi connectivity index (χ3n) is 3.81. The lowest BCUT2D eigenvalue weighted by Crippen LogP contribution is -2.16. The highest BCUT2D eigenvalue weighted by atomic mass is 32.2. The van der Waals surface area contributed by atoms with Gasteiger partial charge < -0.3 is 0 Å². The van der Waals surface area contributed by atoms with E-state index >= 15 is 0 Å². The molecule has 0 aliphatic heterocycles. The summed E-state index contributed by atoms with van der Waals surface area (Å²) in [6, 6.07) is 18.2. The van der Waals surface area contributed by atoms with Crippen molar-refractivity contribution in [1.29, 1.82) is 0 Å². The highest BCUT2D eigenvalue weighted by Gasteiger charge is 2.25. The number of hydrogen-bond acceptors (Lipinski definition) is 3. The Hall–Kier alpha value is -1.72. The van der Waals surface area contributed by atoms with Crippen LogP contribution in [0, 0.1) is 0 Å². The van der Waals surface area contributed by atoms with Crippen molar-refractivity contribution < 1.29 is 8.42 Å². The molecular formula is C18H19NO2S2. The first kappa shape index (κ1) is 16.1. The van der Waals surface area contributed by atoms with Crippen molar-refractivity contribution in [2.45, 2.75) is 24.0 Å². The topological polar surface area (TPSA) is 39.1 Å². The summed E-state index contributed by atoms with van der Waals surface area (Å²) in [6.07, 6.45) is 0. The fourth-order valence-electron chi connectivity index (χ4n) is 2.74. The van der Waals surface area contributed by atoms with Crippen LogP contribution in [0.25, 0.3) is 10.9 Å². The van der Waals surface area contributed by atoms with Gasteiger partial charge in [-0.1, -0.05) is 43.3 Å². The molecule has 0 saturated carbocycles. The Labute approximate surface area is 141 Å². The molecule has 1 unspecified atom stereocenters. The van der Waals surface area contributed by atoms with Gasteiger partial charge in [-0.2, -0.15) is 11.8 Å². The zero-order valence-corrected chi connectivity index (χ0v) is 14.8. The van der Waals surface area contributed by atoms with Gasteiger partial charge >= 0.3 is 0 Å². The molecule has 0 spiro atoms. The van der Waals surface area contributed by atoms with E-state index in [0.29, 0.717) is 4.90 Å². The van der Waals surface area contributed by atoms with Crippen LogP contribution in [0.4, 0.5) is 0 Å². The first-order valence-electron chi connectivity index (χ1n) is 7.58. The van der Waals surface area contributed by atoms with E-state index in [1.165, 1.54) is 3.97 Å². The summed E-state index contributed by atoms with van der Waals surface area (Å²) in [5, 5.41) is 1.05. The summed E-state index contributed by atoms with van der Waals surface area (Å²) in [6.45, 7) is 4.14. The summed E-state index contributed by atoms with van der Waals surface area (Å²) in [5.74, 6) is 0.939. The summed E-state index contributed by atoms with van der Waals surface area (Å²) < 4.78 is 27.9. The van der Waals surface area contributed by atoms with E-state index < -0.39 is 10.0 Å². The molecule has 2 aromatic carbocycles. The molecule has 0 radical (unpaired) electrons. The average molecular weight is 345 g/mol. The average Bonchev–Trinajstić information content (AvgIpc) is 2.96. The highest BCUT2D eigenvalue weighted by Crippen LogP contribution is 2.35. The molecule has 0 amide bonds. The van der Waals surface area contributed by atoms with E-state index in [2.05, 4.69) is 13.8 Å². The molecule has 0 saturated heterocycles. The van der Waals surface area contributed by atoms with Gasteiger partial charge in [-0.15, -0.1) is 0 Å². The lowest BCUT2D eigenvalue weighted by Gasteiger charge is -2.16. The number of aromatic nitrogens is 1. The second-order valence-electron chi connectivity index (χ2n) is 5.31.